The first kappa shape index (κ1) is 17.8. The number of para-hydroxylation sites is 2. The highest BCUT2D eigenvalue weighted by Gasteiger charge is 2.25. The first-order valence-electron chi connectivity index (χ1n) is 10.0. The van der Waals surface area contributed by atoms with E-state index in [1.807, 2.05) is 23.1 Å². The Morgan fingerprint density at radius 1 is 1.07 bits per heavy atom. The van der Waals surface area contributed by atoms with E-state index in [9.17, 15) is 4.79 Å². The molecular weight excluding hydrogens is 334 g/mol. The number of imidazole rings is 1. The van der Waals surface area contributed by atoms with Crippen LogP contribution in [0, 0.1) is 0 Å². The number of amides is 1. The third-order valence-electron chi connectivity index (χ3n) is 5.70. The average Bonchev–Trinajstić information content (AvgIpc) is 3.17. The lowest BCUT2D eigenvalue weighted by Gasteiger charge is -2.31. The molecule has 0 aliphatic carbocycles. The van der Waals surface area contributed by atoms with Gasteiger partial charge in [0.25, 0.3) is 0 Å². The maximum absolute atomic E-state index is 12.6. The maximum atomic E-state index is 12.6. The summed E-state index contributed by atoms with van der Waals surface area (Å²) in [6, 6.07) is 16.8. The number of H-pyrrole nitrogens is 1. The van der Waals surface area contributed by atoms with Gasteiger partial charge in [0, 0.05) is 25.4 Å². The number of benzene rings is 2. The minimum Gasteiger partial charge on any atom is -0.343 e. The lowest BCUT2D eigenvalue weighted by molar-refractivity contribution is -0.132. The van der Waals surface area contributed by atoms with Gasteiger partial charge < -0.3 is 9.88 Å². The third kappa shape index (κ3) is 4.05. The molecule has 0 unspecified atom stereocenters. The van der Waals surface area contributed by atoms with Crippen LogP contribution < -0.4 is 0 Å². The summed E-state index contributed by atoms with van der Waals surface area (Å²) in [6.45, 7) is 3.82. The average molecular weight is 361 g/mol. The number of nitrogens with zero attached hydrogens (tertiary/aromatic N) is 2. The lowest BCUT2D eigenvalue weighted by Crippen LogP contribution is -2.38. The molecule has 0 bridgehead atoms. The van der Waals surface area contributed by atoms with Crippen LogP contribution in [0.4, 0.5) is 0 Å². The number of fused-ring (bicyclic) bond motifs is 1. The molecule has 0 saturated carbocycles. The van der Waals surface area contributed by atoms with Crippen LogP contribution in [-0.2, 0) is 17.6 Å². The highest BCUT2D eigenvalue weighted by molar-refractivity contribution is 5.77. The number of hydrogen-bond acceptors (Lipinski definition) is 2. The van der Waals surface area contributed by atoms with Crippen molar-refractivity contribution in [3.05, 3.63) is 65.5 Å². The second-order valence-electron chi connectivity index (χ2n) is 7.46. The Hall–Kier alpha value is -2.62. The Balaban J connectivity index is 1.29. The lowest BCUT2D eigenvalue weighted by atomic mass is 9.95. The topological polar surface area (TPSA) is 49.0 Å². The van der Waals surface area contributed by atoms with Gasteiger partial charge in [0.15, 0.2) is 0 Å². The molecule has 3 aromatic rings. The normalized spacial score (nSPS) is 15.4. The van der Waals surface area contributed by atoms with Crippen molar-refractivity contribution in [3.8, 4) is 0 Å². The van der Waals surface area contributed by atoms with Gasteiger partial charge in [0.2, 0.25) is 5.91 Å². The molecule has 2 aromatic carbocycles. The third-order valence-corrected chi connectivity index (χ3v) is 5.70. The molecule has 1 fully saturated rings. The number of rotatable bonds is 5. The molecule has 4 nitrogen and oxygen atoms in total. The molecule has 4 rings (SSSR count). The molecule has 4 heteroatoms. The summed E-state index contributed by atoms with van der Waals surface area (Å²) < 4.78 is 0. The number of carbonyl (C=O) groups is 1. The second kappa shape index (κ2) is 7.95. The molecule has 2 heterocycles. The van der Waals surface area contributed by atoms with Crippen LogP contribution in [0.2, 0.25) is 0 Å². The first-order chi connectivity index (χ1) is 13.2. The van der Waals surface area contributed by atoms with Crippen molar-refractivity contribution >= 4 is 16.9 Å². The van der Waals surface area contributed by atoms with E-state index in [4.69, 9.17) is 4.98 Å². The fraction of sp³-hybridized carbons (Fsp3) is 0.391. The van der Waals surface area contributed by atoms with Crippen molar-refractivity contribution in [2.45, 2.75) is 44.9 Å². The summed E-state index contributed by atoms with van der Waals surface area (Å²) in [5.41, 5.74) is 4.72. The molecule has 1 aromatic heterocycles. The second-order valence-corrected chi connectivity index (χ2v) is 7.46. The zero-order valence-electron chi connectivity index (χ0n) is 15.9. The highest BCUT2D eigenvalue weighted by Crippen LogP contribution is 2.28. The van der Waals surface area contributed by atoms with E-state index in [1.165, 1.54) is 11.1 Å². The van der Waals surface area contributed by atoms with Crippen LogP contribution >= 0.6 is 0 Å². The number of aryl methyl sites for hydroxylation is 2. The Morgan fingerprint density at radius 3 is 2.48 bits per heavy atom. The van der Waals surface area contributed by atoms with E-state index in [0.717, 1.165) is 55.6 Å². The fourth-order valence-corrected chi connectivity index (χ4v) is 3.92. The summed E-state index contributed by atoms with van der Waals surface area (Å²) in [5.74, 6) is 1.76. The van der Waals surface area contributed by atoms with Crippen LogP contribution in [-0.4, -0.2) is 33.9 Å². The van der Waals surface area contributed by atoms with E-state index >= 15 is 0 Å². The molecular formula is C23H27N3O. The summed E-state index contributed by atoms with van der Waals surface area (Å²) >= 11 is 0. The zero-order valence-corrected chi connectivity index (χ0v) is 15.9. The largest absolute Gasteiger partial charge is 0.343 e. The number of hydrogen-bond donors (Lipinski definition) is 1. The summed E-state index contributed by atoms with van der Waals surface area (Å²) in [6.07, 6.45) is 4.44. The van der Waals surface area contributed by atoms with Crippen molar-refractivity contribution in [2.75, 3.05) is 13.1 Å². The summed E-state index contributed by atoms with van der Waals surface area (Å²) in [4.78, 5) is 22.8. The van der Waals surface area contributed by atoms with E-state index in [2.05, 4.69) is 42.2 Å². The predicted molar refractivity (Wildman–Crippen MR) is 109 cm³/mol. The molecule has 140 valence electrons. The van der Waals surface area contributed by atoms with Gasteiger partial charge in [-0.05, 0) is 48.9 Å². The van der Waals surface area contributed by atoms with Gasteiger partial charge in [0.1, 0.15) is 5.82 Å². The molecule has 27 heavy (non-hydrogen) atoms. The van der Waals surface area contributed by atoms with E-state index < -0.39 is 0 Å². The van der Waals surface area contributed by atoms with Gasteiger partial charge in [-0.25, -0.2) is 4.98 Å². The standard InChI is InChI=1S/C23H27N3O/c1-2-17-7-9-18(10-8-17)11-12-22(27)26-15-13-19(14-16-26)23-24-20-5-3-4-6-21(20)25-23/h3-10,19H,2,11-16H2,1H3,(H,24,25). The maximum Gasteiger partial charge on any atom is 0.222 e. The molecule has 1 N–H and O–H groups in total. The number of nitrogens with one attached hydrogen (secondary N) is 1. The number of carbonyl (C=O) groups excluding carboxylic acids is 1. The Kier molecular flexibility index (Phi) is 5.23. The van der Waals surface area contributed by atoms with Crippen LogP contribution in [0.1, 0.15) is 49.1 Å². The zero-order chi connectivity index (χ0) is 18.6. The van der Waals surface area contributed by atoms with Crippen LogP contribution in [0.3, 0.4) is 0 Å². The van der Waals surface area contributed by atoms with Crippen LogP contribution in [0.25, 0.3) is 11.0 Å². The van der Waals surface area contributed by atoms with Gasteiger partial charge >= 0.3 is 0 Å². The van der Waals surface area contributed by atoms with E-state index in [0.29, 0.717) is 12.3 Å². The minimum atomic E-state index is 0.276. The minimum absolute atomic E-state index is 0.276. The Labute approximate surface area is 160 Å². The van der Waals surface area contributed by atoms with Gasteiger partial charge in [0.05, 0.1) is 11.0 Å². The number of piperidine rings is 1. The summed E-state index contributed by atoms with van der Waals surface area (Å²) in [7, 11) is 0. The van der Waals surface area contributed by atoms with E-state index in [-0.39, 0.29) is 5.91 Å². The van der Waals surface area contributed by atoms with Crippen LogP contribution in [0.15, 0.2) is 48.5 Å². The van der Waals surface area contributed by atoms with Gasteiger partial charge in [-0.2, -0.15) is 0 Å². The molecule has 0 spiro atoms. The molecule has 1 aliphatic heterocycles. The molecule has 1 aliphatic rings. The molecule has 1 amide bonds. The van der Waals surface area contributed by atoms with Crippen molar-refractivity contribution in [2.24, 2.45) is 0 Å². The fourth-order valence-electron chi connectivity index (χ4n) is 3.92. The molecule has 0 atom stereocenters. The van der Waals surface area contributed by atoms with Crippen molar-refractivity contribution in [1.29, 1.82) is 0 Å². The van der Waals surface area contributed by atoms with Gasteiger partial charge in [-0.1, -0.05) is 43.3 Å². The Morgan fingerprint density at radius 2 is 1.78 bits per heavy atom. The first-order valence-corrected chi connectivity index (χ1v) is 10.0. The molecule has 0 radical (unpaired) electrons. The monoisotopic (exact) mass is 361 g/mol. The quantitative estimate of drug-likeness (QED) is 0.729. The van der Waals surface area contributed by atoms with Crippen LogP contribution in [0.5, 0.6) is 0 Å². The Bertz CT molecular complexity index is 872. The van der Waals surface area contributed by atoms with Gasteiger partial charge in [-0.3, -0.25) is 4.79 Å². The van der Waals surface area contributed by atoms with Crippen molar-refractivity contribution in [3.63, 3.8) is 0 Å². The SMILES string of the molecule is CCc1ccc(CCC(=O)N2CCC(c3nc4ccccc4[nH]3)CC2)cc1. The highest BCUT2D eigenvalue weighted by atomic mass is 16.2. The predicted octanol–water partition coefficient (Wildman–Crippen LogP) is 4.46. The van der Waals surface area contributed by atoms with Crippen molar-refractivity contribution < 1.29 is 4.79 Å². The van der Waals surface area contributed by atoms with E-state index in [1.54, 1.807) is 0 Å². The van der Waals surface area contributed by atoms with Gasteiger partial charge in [-0.15, -0.1) is 0 Å². The summed E-state index contributed by atoms with van der Waals surface area (Å²) in [5, 5.41) is 0. The number of likely N-dealkylation sites (tertiary alicyclic amines) is 1. The molecule has 1 saturated heterocycles. The van der Waals surface area contributed by atoms with Crippen molar-refractivity contribution in [1.82, 2.24) is 14.9 Å². The number of aromatic amines is 1. The number of aromatic nitrogens is 2. The smallest absolute Gasteiger partial charge is 0.222 e.